The summed E-state index contributed by atoms with van der Waals surface area (Å²) in [6.45, 7) is 5.82. The van der Waals surface area contributed by atoms with Gasteiger partial charge in [-0.1, -0.05) is 0 Å². The zero-order chi connectivity index (χ0) is 11.5. The molecule has 1 aromatic heterocycles. The van der Waals surface area contributed by atoms with Crippen LogP contribution < -0.4 is 5.32 Å². The van der Waals surface area contributed by atoms with Crippen LogP contribution in [0.4, 0.5) is 0 Å². The SMILES string of the molecule is C1CCc2c(CCN3CCNCC3)n[nH]c2C1. The lowest BCUT2D eigenvalue weighted by molar-refractivity contribution is 0.243. The molecule has 0 radical (unpaired) electrons. The quantitative estimate of drug-likeness (QED) is 0.810. The molecule has 0 atom stereocenters. The standard InChI is InChI=1S/C13H22N4/c1-2-4-12-11(3-1)13(16-15-12)5-8-17-9-6-14-7-10-17/h14H,1-10H2,(H,15,16). The van der Waals surface area contributed by atoms with Crippen molar-refractivity contribution in [3.05, 3.63) is 17.0 Å². The van der Waals surface area contributed by atoms with Crippen LogP contribution in [0, 0.1) is 0 Å². The number of nitrogens with one attached hydrogen (secondary N) is 2. The minimum absolute atomic E-state index is 1.12. The Morgan fingerprint density at radius 2 is 1.94 bits per heavy atom. The Morgan fingerprint density at radius 3 is 2.82 bits per heavy atom. The molecule has 3 rings (SSSR count). The number of hydrogen-bond acceptors (Lipinski definition) is 3. The van der Waals surface area contributed by atoms with Crippen molar-refractivity contribution in [3.8, 4) is 0 Å². The van der Waals surface area contributed by atoms with Crippen molar-refractivity contribution in [2.45, 2.75) is 32.1 Å². The fourth-order valence-electron chi connectivity index (χ4n) is 2.96. The summed E-state index contributed by atoms with van der Waals surface area (Å²) < 4.78 is 0. The third-order valence-electron chi connectivity index (χ3n) is 4.02. The molecule has 1 saturated heterocycles. The molecule has 0 amide bonds. The topological polar surface area (TPSA) is 44.0 Å². The van der Waals surface area contributed by atoms with Crippen molar-refractivity contribution in [2.24, 2.45) is 0 Å². The van der Waals surface area contributed by atoms with Crippen molar-refractivity contribution < 1.29 is 0 Å². The zero-order valence-electron chi connectivity index (χ0n) is 10.5. The fraction of sp³-hybridized carbons (Fsp3) is 0.769. The molecule has 4 heteroatoms. The molecule has 1 fully saturated rings. The third-order valence-corrected chi connectivity index (χ3v) is 4.02. The number of aromatic amines is 1. The molecule has 2 heterocycles. The molecule has 1 aliphatic heterocycles. The molecule has 1 aromatic rings. The van der Waals surface area contributed by atoms with Gasteiger partial charge in [0, 0.05) is 44.8 Å². The average Bonchev–Trinajstić information content (AvgIpc) is 2.81. The summed E-state index contributed by atoms with van der Waals surface area (Å²) in [5.74, 6) is 0. The highest BCUT2D eigenvalue weighted by molar-refractivity contribution is 5.27. The van der Waals surface area contributed by atoms with Gasteiger partial charge >= 0.3 is 0 Å². The van der Waals surface area contributed by atoms with E-state index >= 15 is 0 Å². The van der Waals surface area contributed by atoms with E-state index in [1.54, 1.807) is 0 Å². The van der Waals surface area contributed by atoms with Gasteiger partial charge in [-0.2, -0.15) is 5.10 Å². The average molecular weight is 234 g/mol. The molecule has 0 bridgehead atoms. The lowest BCUT2D eigenvalue weighted by Gasteiger charge is -2.26. The predicted molar refractivity (Wildman–Crippen MR) is 68.2 cm³/mol. The van der Waals surface area contributed by atoms with E-state index in [2.05, 4.69) is 20.4 Å². The summed E-state index contributed by atoms with van der Waals surface area (Å²) >= 11 is 0. The first-order valence-corrected chi connectivity index (χ1v) is 6.91. The van der Waals surface area contributed by atoms with Crippen LogP contribution >= 0.6 is 0 Å². The van der Waals surface area contributed by atoms with Gasteiger partial charge in [0.2, 0.25) is 0 Å². The van der Waals surface area contributed by atoms with Crippen LogP contribution in [0.3, 0.4) is 0 Å². The van der Waals surface area contributed by atoms with E-state index in [0.717, 1.165) is 19.5 Å². The van der Waals surface area contributed by atoms with Crippen molar-refractivity contribution in [3.63, 3.8) is 0 Å². The summed E-state index contributed by atoms with van der Waals surface area (Å²) in [7, 11) is 0. The highest BCUT2D eigenvalue weighted by atomic mass is 15.2. The van der Waals surface area contributed by atoms with E-state index in [9.17, 15) is 0 Å². The fourth-order valence-corrected chi connectivity index (χ4v) is 2.96. The Labute approximate surface area is 103 Å². The van der Waals surface area contributed by atoms with E-state index in [0.29, 0.717) is 0 Å². The van der Waals surface area contributed by atoms with Crippen molar-refractivity contribution >= 4 is 0 Å². The van der Waals surface area contributed by atoms with Crippen LogP contribution in [0.25, 0.3) is 0 Å². The summed E-state index contributed by atoms with van der Waals surface area (Å²) in [6, 6.07) is 0. The number of piperazine rings is 1. The van der Waals surface area contributed by atoms with Gasteiger partial charge in [-0.05, 0) is 31.2 Å². The van der Waals surface area contributed by atoms with Crippen molar-refractivity contribution in [2.75, 3.05) is 32.7 Å². The Bertz CT molecular complexity index is 365. The number of aryl methyl sites for hydroxylation is 1. The summed E-state index contributed by atoms with van der Waals surface area (Å²) in [4.78, 5) is 2.54. The first-order valence-electron chi connectivity index (χ1n) is 6.91. The number of nitrogens with zero attached hydrogens (tertiary/aromatic N) is 2. The van der Waals surface area contributed by atoms with Crippen LogP contribution in [0.2, 0.25) is 0 Å². The first kappa shape index (κ1) is 11.2. The van der Waals surface area contributed by atoms with Crippen molar-refractivity contribution in [1.29, 1.82) is 0 Å². The second-order valence-corrected chi connectivity index (χ2v) is 5.18. The van der Waals surface area contributed by atoms with Gasteiger partial charge in [0.05, 0.1) is 5.69 Å². The van der Waals surface area contributed by atoms with Gasteiger partial charge in [0.1, 0.15) is 0 Å². The zero-order valence-corrected chi connectivity index (χ0v) is 10.5. The molecular formula is C13H22N4. The maximum atomic E-state index is 4.51. The number of H-pyrrole nitrogens is 1. The van der Waals surface area contributed by atoms with E-state index in [-0.39, 0.29) is 0 Å². The first-order chi connectivity index (χ1) is 8.43. The summed E-state index contributed by atoms with van der Waals surface area (Å²) in [5.41, 5.74) is 4.27. The van der Waals surface area contributed by atoms with Crippen LogP contribution in [0.15, 0.2) is 0 Å². The van der Waals surface area contributed by atoms with Crippen LogP contribution in [0.5, 0.6) is 0 Å². The van der Waals surface area contributed by atoms with Crippen LogP contribution in [0.1, 0.15) is 29.8 Å². The Kier molecular flexibility index (Phi) is 3.43. The van der Waals surface area contributed by atoms with Crippen LogP contribution in [-0.2, 0) is 19.3 Å². The molecule has 0 aromatic carbocycles. The van der Waals surface area contributed by atoms with E-state index in [4.69, 9.17) is 0 Å². The van der Waals surface area contributed by atoms with E-state index < -0.39 is 0 Å². The minimum Gasteiger partial charge on any atom is -0.314 e. The maximum absolute atomic E-state index is 4.51. The smallest absolute Gasteiger partial charge is 0.0669 e. The van der Waals surface area contributed by atoms with Gasteiger partial charge in [-0.25, -0.2) is 0 Å². The summed E-state index contributed by atoms with van der Waals surface area (Å²) in [5, 5.41) is 11.1. The highest BCUT2D eigenvalue weighted by Crippen LogP contribution is 2.22. The molecule has 0 saturated carbocycles. The normalized spacial score (nSPS) is 21.4. The number of rotatable bonds is 3. The molecule has 0 unspecified atom stereocenters. The van der Waals surface area contributed by atoms with Gasteiger partial charge in [-0.15, -0.1) is 0 Å². The second kappa shape index (κ2) is 5.19. The lowest BCUT2D eigenvalue weighted by atomic mass is 9.95. The number of fused-ring (bicyclic) bond motifs is 1. The second-order valence-electron chi connectivity index (χ2n) is 5.18. The van der Waals surface area contributed by atoms with Gasteiger partial charge in [0.25, 0.3) is 0 Å². The third kappa shape index (κ3) is 2.53. The Hall–Kier alpha value is -0.870. The van der Waals surface area contributed by atoms with E-state index in [1.165, 1.54) is 62.3 Å². The molecule has 4 nitrogen and oxygen atoms in total. The highest BCUT2D eigenvalue weighted by Gasteiger charge is 2.17. The van der Waals surface area contributed by atoms with Crippen LogP contribution in [-0.4, -0.2) is 47.8 Å². The molecular weight excluding hydrogens is 212 g/mol. The number of hydrogen-bond donors (Lipinski definition) is 2. The molecule has 2 aliphatic rings. The molecule has 2 N–H and O–H groups in total. The molecule has 17 heavy (non-hydrogen) atoms. The Balaban J connectivity index is 1.59. The Morgan fingerprint density at radius 1 is 1.12 bits per heavy atom. The van der Waals surface area contributed by atoms with Gasteiger partial charge in [0.15, 0.2) is 0 Å². The monoisotopic (exact) mass is 234 g/mol. The minimum atomic E-state index is 1.12. The predicted octanol–water partition coefficient (Wildman–Crippen LogP) is 0.736. The molecule has 1 aliphatic carbocycles. The lowest BCUT2D eigenvalue weighted by Crippen LogP contribution is -2.44. The van der Waals surface area contributed by atoms with Crippen molar-refractivity contribution in [1.82, 2.24) is 20.4 Å². The maximum Gasteiger partial charge on any atom is 0.0669 e. The largest absolute Gasteiger partial charge is 0.314 e. The number of aromatic nitrogens is 2. The summed E-state index contributed by atoms with van der Waals surface area (Å²) in [6.07, 6.45) is 6.23. The van der Waals surface area contributed by atoms with Gasteiger partial charge in [-0.3, -0.25) is 5.10 Å². The van der Waals surface area contributed by atoms with Gasteiger partial charge < -0.3 is 10.2 Å². The molecule has 0 spiro atoms. The van der Waals surface area contributed by atoms with E-state index in [1.807, 2.05) is 0 Å². The molecule has 94 valence electrons.